The number of nitrogens with two attached hydrogens (primary N) is 1. The Bertz CT molecular complexity index is 391. The van der Waals surface area contributed by atoms with Crippen molar-refractivity contribution in [2.24, 2.45) is 5.73 Å². The van der Waals surface area contributed by atoms with Crippen molar-refractivity contribution in [2.75, 3.05) is 0 Å². The second-order valence-corrected chi connectivity index (χ2v) is 2.82. The Morgan fingerprint density at radius 1 is 1.19 bits per heavy atom. The molecule has 0 saturated heterocycles. The van der Waals surface area contributed by atoms with E-state index in [0.717, 1.165) is 0 Å². The van der Waals surface area contributed by atoms with Gasteiger partial charge >= 0.3 is 5.97 Å². The number of amides is 1. The van der Waals surface area contributed by atoms with E-state index in [1.807, 2.05) is 13.8 Å². The van der Waals surface area contributed by atoms with Crippen molar-refractivity contribution >= 4 is 11.9 Å². The van der Waals surface area contributed by atoms with E-state index in [0.29, 0.717) is 5.56 Å². The van der Waals surface area contributed by atoms with E-state index in [9.17, 15) is 14.1 Å². The molecule has 0 aliphatic heterocycles. The first kappa shape index (κ1) is 14.1. The largest absolute Gasteiger partial charge is 0.379 e. The number of benzene rings is 1. The summed E-state index contributed by atoms with van der Waals surface area (Å²) in [6.45, 7) is 5.65. The monoisotopic (exact) mass is 227 g/mol. The van der Waals surface area contributed by atoms with Gasteiger partial charge in [-0.3, -0.25) is 4.79 Å². The Labute approximate surface area is 93.1 Å². The van der Waals surface area contributed by atoms with Crippen LogP contribution in [-0.4, -0.2) is 11.9 Å². The van der Waals surface area contributed by atoms with Crippen molar-refractivity contribution in [3.8, 4) is 0 Å². The molecular weight excluding hydrogens is 213 g/mol. The van der Waals surface area contributed by atoms with Gasteiger partial charge in [0.1, 0.15) is 0 Å². The van der Waals surface area contributed by atoms with Crippen LogP contribution in [0, 0.1) is 6.92 Å². The molecule has 4 nitrogen and oxygen atoms in total. The van der Waals surface area contributed by atoms with Gasteiger partial charge in [0.25, 0.3) is 0 Å². The minimum absolute atomic E-state index is 0.0405. The van der Waals surface area contributed by atoms with Crippen molar-refractivity contribution < 1.29 is 19.1 Å². The number of aryl methyl sites for hydroxylation is 1. The molecule has 0 aromatic heterocycles. The molecule has 0 atom stereocenters. The summed E-state index contributed by atoms with van der Waals surface area (Å²) in [6, 6.07) is 4.07. The van der Waals surface area contributed by atoms with Crippen LogP contribution in [0.4, 0.5) is 4.53 Å². The van der Waals surface area contributed by atoms with Gasteiger partial charge in [-0.05, 0) is 30.7 Å². The van der Waals surface area contributed by atoms with Crippen LogP contribution < -0.4 is 5.73 Å². The normalized spacial score (nSPS) is 8.75. The fourth-order valence-electron chi connectivity index (χ4n) is 1.09. The van der Waals surface area contributed by atoms with Gasteiger partial charge in [0.05, 0.1) is 5.56 Å². The van der Waals surface area contributed by atoms with Crippen LogP contribution in [0.25, 0.3) is 0 Å². The Balaban J connectivity index is 0.00000106. The lowest BCUT2D eigenvalue weighted by atomic mass is 10.1. The maximum Gasteiger partial charge on any atom is 0.379 e. The molecule has 0 fully saturated rings. The summed E-state index contributed by atoms with van der Waals surface area (Å²) in [5, 5.41) is 0. The molecule has 0 spiro atoms. The summed E-state index contributed by atoms with van der Waals surface area (Å²) < 4.78 is 11.6. The van der Waals surface area contributed by atoms with Gasteiger partial charge in [-0.15, -0.1) is 0 Å². The fraction of sp³-hybridized carbons (Fsp3) is 0.273. The maximum absolute atomic E-state index is 11.6. The highest BCUT2D eigenvalue weighted by atomic mass is 19.3. The second kappa shape index (κ2) is 6.55. The number of hydrogen-bond acceptors (Lipinski definition) is 3. The Kier molecular flexibility index (Phi) is 5.77. The van der Waals surface area contributed by atoms with Gasteiger partial charge < -0.3 is 5.73 Å². The molecular formula is C11H14FNO3. The molecule has 1 amide bonds. The number of carbonyl (C=O) groups excluding carboxylic acids is 2. The highest BCUT2D eigenvalue weighted by Crippen LogP contribution is 2.10. The summed E-state index contributed by atoms with van der Waals surface area (Å²) in [5.41, 5.74) is 5.74. The predicted octanol–water partition coefficient (Wildman–Crippen LogP) is 2.16. The van der Waals surface area contributed by atoms with E-state index in [1.54, 1.807) is 6.92 Å². The highest BCUT2D eigenvalue weighted by Gasteiger charge is 2.11. The van der Waals surface area contributed by atoms with Crippen LogP contribution in [0.2, 0.25) is 0 Å². The summed E-state index contributed by atoms with van der Waals surface area (Å²) in [6.07, 6.45) is 0. The fourth-order valence-corrected chi connectivity index (χ4v) is 1.09. The molecule has 0 heterocycles. The topological polar surface area (TPSA) is 69.4 Å². The molecule has 0 aliphatic rings. The van der Waals surface area contributed by atoms with Crippen molar-refractivity contribution in [2.45, 2.75) is 20.8 Å². The highest BCUT2D eigenvalue weighted by molar-refractivity contribution is 5.97. The van der Waals surface area contributed by atoms with Gasteiger partial charge in [0, 0.05) is 10.1 Å². The molecule has 5 heteroatoms. The van der Waals surface area contributed by atoms with E-state index in [1.165, 1.54) is 18.2 Å². The van der Waals surface area contributed by atoms with Gasteiger partial charge in [0.2, 0.25) is 5.91 Å². The molecule has 16 heavy (non-hydrogen) atoms. The lowest BCUT2D eigenvalue weighted by Crippen LogP contribution is -2.12. The SMILES string of the molecule is CC.Cc1cc(C(N)=O)cc(C(=O)OF)c1. The minimum atomic E-state index is -1.14. The standard InChI is InChI=1S/C9H8FNO3.C2H6/c1-5-2-6(8(11)12)4-7(3-5)9(13)14-10;1-2/h2-4H,1H3,(H2,11,12);1-2H3. The van der Waals surface area contributed by atoms with E-state index >= 15 is 0 Å². The molecule has 0 bridgehead atoms. The Morgan fingerprint density at radius 3 is 2.12 bits per heavy atom. The zero-order valence-corrected chi connectivity index (χ0v) is 9.41. The molecule has 1 aromatic rings. The van der Waals surface area contributed by atoms with Gasteiger partial charge in [-0.2, -0.15) is 0 Å². The summed E-state index contributed by atoms with van der Waals surface area (Å²) >= 11 is 0. The van der Waals surface area contributed by atoms with Crippen molar-refractivity contribution in [1.29, 1.82) is 0 Å². The lowest BCUT2D eigenvalue weighted by Gasteiger charge is -2.01. The van der Waals surface area contributed by atoms with Crippen molar-refractivity contribution in [3.05, 3.63) is 34.9 Å². The third-order valence-electron chi connectivity index (χ3n) is 1.67. The first-order valence-electron chi connectivity index (χ1n) is 4.79. The predicted molar refractivity (Wildman–Crippen MR) is 57.6 cm³/mol. The maximum atomic E-state index is 11.6. The molecule has 2 N–H and O–H groups in total. The number of rotatable bonds is 2. The number of primary amides is 1. The molecule has 1 rings (SSSR count). The van der Waals surface area contributed by atoms with Crippen LogP contribution in [0.1, 0.15) is 40.1 Å². The first-order valence-corrected chi connectivity index (χ1v) is 4.79. The number of hydrogen-bond donors (Lipinski definition) is 1. The minimum Gasteiger partial charge on any atom is -0.366 e. The molecule has 0 unspecified atom stereocenters. The van der Waals surface area contributed by atoms with Crippen LogP contribution in [0.3, 0.4) is 0 Å². The zero-order valence-electron chi connectivity index (χ0n) is 9.41. The molecule has 1 aromatic carbocycles. The van der Waals surface area contributed by atoms with Gasteiger partial charge in [-0.1, -0.05) is 13.8 Å². The van der Waals surface area contributed by atoms with E-state index in [2.05, 4.69) is 4.94 Å². The molecule has 0 radical (unpaired) electrons. The summed E-state index contributed by atoms with van der Waals surface area (Å²) in [4.78, 5) is 24.6. The quantitative estimate of drug-likeness (QED) is 0.841. The first-order chi connectivity index (χ1) is 7.54. The molecule has 0 saturated carbocycles. The van der Waals surface area contributed by atoms with Gasteiger partial charge in [0.15, 0.2) is 0 Å². The molecule has 88 valence electrons. The molecule has 0 aliphatic carbocycles. The van der Waals surface area contributed by atoms with Crippen LogP contribution in [-0.2, 0) is 4.94 Å². The lowest BCUT2D eigenvalue weighted by molar-refractivity contribution is -0.0788. The summed E-state index contributed by atoms with van der Waals surface area (Å²) in [5.74, 6) is -1.82. The van der Waals surface area contributed by atoms with Crippen molar-refractivity contribution in [1.82, 2.24) is 0 Å². The average molecular weight is 227 g/mol. The Morgan fingerprint density at radius 2 is 1.69 bits per heavy atom. The van der Waals surface area contributed by atoms with Crippen LogP contribution in [0.5, 0.6) is 0 Å². The van der Waals surface area contributed by atoms with E-state index in [-0.39, 0.29) is 11.1 Å². The van der Waals surface area contributed by atoms with E-state index in [4.69, 9.17) is 5.73 Å². The van der Waals surface area contributed by atoms with Gasteiger partial charge in [-0.25, -0.2) is 9.74 Å². The second-order valence-electron chi connectivity index (χ2n) is 2.82. The smallest absolute Gasteiger partial charge is 0.366 e. The van der Waals surface area contributed by atoms with Crippen LogP contribution in [0.15, 0.2) is 18.2 Å². The summed E-state index contributed by atoms with van der Waals surface area (Å²) in [7, 11) is 0. The van der Waals surface area contributed by atoms with E-state index < -0.39 is 11.9 Å². The van der Waals surface area contributed by atoms with Crippen LogP contribution >= 0.6 is 0 Å². The zero-order chi connectivity index (χ0) is 12.7. The third kappa shape index (κ3) is 3.68. The average Bonchev–Trinajstić information content (AvgIpc) is 2.29. The Hall–Kier alpha value is -1.91. The van der Waals surface area contributed by atoms with Crippen molar-refractivity contribution in [3.63, 3.8) is 0 Å². The third-order valence-corrected chi connectivity index (χ3v) is 1.67. The number of halogens is 1. The number of carbonyl (C=O) groups is 2.